The van der Waals surface area contributed by atoms with Crippen LogP contribution in [0, 0.1) is 5.92 Å². The quantitative estimate of drug-likeness (QED) is 0.851. The normalized spacial score (nSPS) is 37.2. The molecule has 2 N–H and O–H groups in total. The number of hydrogen-bond donors (Lipinski definition) is 2. The molecule has 2 heterocycles. The summed E-state index contributed by atoms with van der Waals surface area (Å²) in [7, 11) is 0. The Morgan fingerprint density at radius 1 is 1.55 bits per heavy atom. The van der Waals surface area contributed by atoms with Crippen molar-refractivity contribution in [2.75, 3.05) is 6.67 Å². The van der Waals surface area contributed by atoms with E-state index in [1.807, 2.05) is 0 Å². The van der Waals surface area contributed by atoms with Crippen molar-refractivity contribution in [3.63, 3.8) is 0 Å². The molecule has 0 aliphatic carbocycles. The van der Waals surface area contributed by atoms with Gasteiger partial charge in [-0.1, -0.05) is 13.8 Å². The van der Waals surface area contributed by atoms with Crippen LogP contribution in [0.1, 0.15) is 33.4 Å². The second kappa shape index (κ2) is 4.82. The minimum absolute atomic E-state index is 0.370. The zero-order valence-electron chi connectivity index (χ0n) is 11.7. The van der Waals surface area contributed by atoms with Gasteiger partial charge in [-0.2, -0.15) is 0 Å². The van der Waals surface area contributed by atoms with E-state index >= 15 is 0 Å². The van der Waals surface area contributed by atoms with Crippen LogP contribution in [-0.4, -0.2) is 32.5 Å². The van der Waals surface area contributed by atoms with Crippen LogP contribution >= 0.6 is 0 Å². The predicted molar refractivity (Wildman–Crippen MR) is 70.2 cm³/mol. The summed E-state index contributed by atoms with van der Waals surface area (Å²) in [6.07, 6.45) is 0.574. The van der Waals surface area contributed by atoms with E-state index in [1.54, 1.807) is 13.8 Å². The average Bonchev–Trinajstić information content (AvgIpc) is 2.60. The number of alkyl halides is 1. The molecule has 1 aliphatic heterocycles. The molecule has 1 aliphatic rings. The summed E-state index contributed by atoms with van der Waals surface area (Å²) in [6.45, 7) is 4.21. The van der Waals surface area contributed by atoms with E-state index in [-0.39, 0.29) is 0 Å². The van der Waals surface area contributed by atoms with Gasteiger partial charge in [0.25, 0.3) is 5.56 Å². The van der Waals surface area contributed by atoms with Gasteiger partial charge in [-0.15, -0.1) is 0 Å². The summed E-state index contributed by atoms with van der Waals surface area (Å²) in [4.78, 5) is 25.0. The lowest BCUT2D eigenvalue weighted by Gasteiger charge is -2.31. The Kier molecular flexibility index (Phi) is 3.60. The third kappa shape index (κ3) is 2.01. The molecule has 1 fully saturated rings. The van der Waals surface area contributed by atoms with E-state index in [1.165, 1.54) is 13.1 Å². The van der Waals surface area contributed by atoms with Gasteiger partial charge < -0.3 is 9.84 Å². The van der Waals surface area contributed by atoms with Crippen molar-refractivity contribution in [3.8, 4) is 0 Å². The van der Waals surface area contributed by atoms with Gasteiger partial charge in [0.1, 0.15) is 17.9 Å². The zero-order chi connectivity index (χ0) is 15.1. The van der Waals surface area contributed by atoms with E-state index < -0.39 is 41.3 Å². The third-order valence-electron chi connectivity index (χ3n) is 4.44. The van der Waals surface area contributed by atoms with Crippen LogP contribution in [0.15, 0.2) is 21.9 Å². The smallest absolute Gasteiger partial charge is 0.330 e. The van der Waals surface area contributed by atoms with Gasteiger partial charge in [0.2, 0.25) is 0 Å². The van der Waals surface area contributed by atoms with Crippen molar-refractivity contribution >= 4 is 0 Å². The lowest BCUT2D eigenvalue weighted by molar-refractivity contribution is -0.120. The topological polar surface area (TPSA) is 84.3 Å². The van der Waals surface area contributed by atoms with E-state index in [9.17, 15) is 19.1 Å². The number of aromatic nitrogens is 2. The Labute approximate surface area is 115 Å². The number of aromatic amines is 1. The van der Waals surface area contributed by atoms with Crippen molar-refractivity contribution in [3.05, 3.63) is 33.1 Å². The lowest BCUT2D eigenvalue weighted by atomic mass is 9.79. The highest BCUT2D eigenvalue weighted by Crippen LogP contribution is 2.49. The number of hydrogen-bond acceptors (Lipinski definition) is 4. The fourth-order valence-electron chi connectivity index (χ4n) is 2.77. The molecule has 0 aromatic carbocycles. The van der Waals surface area contributed by atoms with Gasteiger partial charge in [-0.25, -0.2) is 9.18 Å². The summed E-state index contributed by atoms with van der Waals surface area (Å²) in [5, 5.41) is 10.6. The summed E-state index contributed by atoms with van der Waals surface area (Å²) < 4.78 is 20.2. The molecule has 20 heavy (non-hydrogen) atoms. The molecule has 1 aromatic rings. The molecule has 1 aromatic heterocycles. The number of aliphatic hydroxyl groups is 1. The molecule has 0 spiro atoms. The summed E-state index contributed by atoms with van der Waals surface area (Å²) in [5.41, 5.74) is -3.79. The Bertz CT molecular complexity index is 603. The molecule has 0 saturated carbocycles. The maximum absolute atomic E-state index is 13.4. The van der Waals surface area contributed by atoms with Crippen molar-refractivity contribution in [2.24, 2.45) is 5.92 Å². The van der Waals surface area contributed by atoms with Gasteiger partial charge in [-0.3, -0.25) is 14.3 Å². The molecule has 112 valence electrons. The monoisotopic (exact) mass is 286 g/mol. The highest BCUT2D eigenvalue weighted by atomic mass is 19.1. The summed E-state index contributed by atoms with van der Waals surface area (Å²) in [6, 6.07) is 1.16. The number of halogens is 1. The maximum Gasteiger partial charge on any atom is 0.330 e. The fraction of sp³-hybridized carbons (Fsp3) is 0.692. The van der Waals surface area contributed by atoms with Crippen LogP contribution in [0.2, 0.25) is 0 Å². The van der Waals surface area contributed by atoms with Gasteiger partial charge >= 0.3 is 5.69 Å². The molecular formula is C13H19FN2O4. The van der Waals surface area contributed by atoms with Crippen LogP contribution in [-0.2, 0) is 4.74 Å². The maximum atomic E-state index is 13.4. The second-order valence-electron chi connectivity index (χ2n) is 5.49. The zero-order valence-corrected chi connectivity index (χ0v) is 11.7. The van der Waals surface area contributed by atoms with Crippen molar-refractivity contribution in [1.82, 2.24) is 9.55 Å². The Morgan fingerprint density at radius 3 is 2.65 bits per heavy atom. The van der Waals surface area contributed by atoms with E-state index in [0.717, 1.165) is 10.6 Å². The van der Waals surface area contributed by atoms with Gasteiger partial charge in [0, 0.05) is 18.2 Å². The highest BCUT2D eigenvalue weighted by molar-refractivity contribution is 5.05. The van der Waals surface area contributed by atoms with Crippen LogP contribution < -0.4 is 11.2 Å². The molecule has 2 rings (SSSR count). The second-order valence-corrected chi connectivity index (χ2v) is 5.49. The molecule has 0 amide bonds. The predicted octanol–water partition coefficient (Wildman–Crippen LogP) is 0.571. The fourth-order valence-corrected chi connectivity index (χ4v) is 2.77. The number of rotatable bonds is 3. The number of ether oxygens (including phenoxy) is 1. The molecule has 4 atom stereocenters. The Hall–Kier alpha value is -1.47. The van der Waals surface area contributed by atoms with E-state index in [4.69, 9.17) is 4.74 Å². The molecule has 7 heteroatoms. The highest BCUT2D eigenvalue weighted by Gasteiger charge is 2.59. The summed E-state index contributed by atoms with van der Waals surface area (Å²) >= 11 is 0. The van der Waals surface area contributed by atoms with Crippen LogP contribution in [0.5, 0.6) is 0 Å². The molecular weight excluding hydrogens is 267 g/mol. The first-order valence-electron chi connectivity index (χ1n) is 6.56. The first-order chi connectivity index (χ1) is 9.28. The number of nitrogens with one attached hydrogen (secondary N) is 1. The molecule has 1 saturated heterocycles. The van der Waals surface area contributed by atoms with Crippen molar-refractivity contribution in [2.45, 2.75) is 44.6 Å². The minimum Gasteiger partial charge on any atom is -0.385 e. The van der Waals surface area contributed by atoms with Gasteiger partial charge in [0.05, 0.1) is 0 Å². The SMILES string of the molecule is CC[C@@]1(CF)O[C@@H](n2ccc(=O)[nH]c2=O)[C@@](C)(O)[C@@H]1C. The minimum atomic E-state index is -1.43. The van der Waals surface area contributed by atoms with E-state index in [0.29, 0.717) is 6.42 Å². The largest absolute Gasteiger partial charge is 0.385 e. The van der Waals surface area contributed by atoms with Gasteiger partial charge in [-0.05, 0) is 13.3 Å². The molecule has 0 radical (unpaired) electrons. The average molecular weight is 286 g/mol. The van der Waals surface area contributed by atoms with Gasteiger partial charge in [0.15, 0.2) is 6.23 Å². The van der Waals surface area contributed by atoms with Crippen molar-refractivity contribution < 1.29 is 14.2 Å². The number of nitrogens with zero attached hydrogens (tertiary/aromatic N) is 1. The lowest BCUT2D eigenvalue weighted by Crippen LogP contribution is -2.44. The third-order valence-corrected chi connectivity index (χ3v) is 4.44. The first-order valence-corrected chi connectivity index (χ1v) is 6.56. The molecule has 0 bridgehead atoms. The number of H-pyrrole nitrogens is 1. The first kappa shape index (κ1) is 14.9. The van der Waals surface area contributed by atoms with Crippen molar-refractivity contribution in [1.29, 1.82) is 0 Å². The molecule has 0 unspecified atom stereocenters. The van der Waals surface area contributed by atoms with Crippen LogP contribution in [0.4, 0.5) is 4.39 Å². The standard InChI is InChI=1S/C13H19FN2O4/c1-4-13(7-14)8(2)12(3,19)10(20-13)16-6-5-9(17)15-11(16)18/h5-6,8,10,19H,4,7H2,1-3H3,(H,15,17,18)/t8-,10+,12-,13-/m0/s1. The summed E-state index contributed by atoms with van der Waals surface area (Å²) in [5.74, 6) is -0.506. The van der Waals surface area contributed by atoms with E-state index in [2.05, 4.69) is 4.98 Å². The van der Waals surface area contributed by atoms with Crippen LogP contribution in [0.25, 0.3) is 0 Å². The Morgan fingerprint density at radius 2 is 2.20 bits per heavy atom. The molecule has 6 nitrogen and oxygen atoms in total. The van der Waals surface area contributed by atoms with Crippen LogP contribution in [0.3, 0.4) is 0 Å². The Balaban J connectivity index is 2.52.